The van der Waals surface area contributed by atoms with Gasteiger partial charge in [-0.15, -0.1) is 11.3 Å². The van der Waals surface area contributed by atoms with Crippen LogP contribution in [0, 0.1) is 5.92 Å². The third kappa shape index (κ3) is 4.24. The van der Waals surface area contributed by atoms with E-state index in [1.165, 1.54) is 4.88 Å². The van der Waals surface area contributed by atoms with Crippen molar-refractivity contribution in [3.8, 4) is 0 Å². The summed E-state index contributed by atoms with van der Waals surface area (Å²) in [5.74, 6) is 0.474. The first kappa shape index (κ1) is 13.7. The molecule has 1 unspecified atom stereocenters. The molecule has 0 spiro atoms. The first-order valence-electron chi connectivity index (χ1n) is 5.48. The van der Waals surface area contributed by atoms with Gasteiger partial charge in [0.15, 0.2) is 0 Å². The molecule has 0 aliphatic carbocycles. The highest BCUT2D eigenvalue weighted by Gasteiger charge is 2.13. The third-order valence-electron chi connectivity index (χ3n) is 2.64. The van der Waals surface area contributed by atoms with E-state index in [0.717, 1.165) is 17.3 Å². The third-order valence-corrected chi connectivity index (χ3v) is 3.86. The largest absolute Gasteiger partial charge is 0.298 e. The molecule has 16 heavy (non-hydrogen) atoms. The summed E-state index contributed by atoms with van der Waals surface area (Å²) in [4.78, 5) is 15.0. The van der Waals surface area contributed by atoms with E-state index in [1.54, 1.807) is 11.3 Å². The van der Waals surface area contributed by atoms with E-state index >= 15 is 0 Å². The molecular formula is C12H18ClNOS. The number of ketones is 1. The maximum absolute atomic E-state index is 11.7. The van der Waals surface area contributed by atoms with Crippen LogP contribution in [-0.4, -0.2) is 24.3 Å². The lowest BCUT2D eigenvalue weighted by molar-refractivity contribution is -0.123. The van der Waals surface area contributed by atoms with Gasteiger partial charge in [-0.2, -0.15) is 0 Å². The second kappa shape index (κ2) is 6.38. The zero-order valence-corrected chi connectivity index (χ0v) is 11.6. The summed E-state index contributed by atoms with van der Waals surface area (Å²) in [5.41, 5.74) is 0. The minimum absolute atomic E-state index is 0.161. The average molecular weight is 260 g/mol. The molecule has 0 saturated carbocycles. The lowest BCUT2D eigenvalue weighted by atomic mass is 10.0. The number of hydrogen-bond donors (Lipinski definition) is 0. The molecule has 0 aromatic carbocycles. The fraction of sp³-hybridized carbons (Fsp3) is 0.583. The number of rotatable bonds is 6. The van der Waals surface area contributed by atoms with Crippen molar-refractivity contribution in [3.63, 3.8) is 0 Å². The molecule has 4 heteroatoms. The van der Waals surface area contributed by atoms with Gasteiger partial charge < -0.3 is 0 Å². The Hall–Kier alpha value is -0.380. The Bertz CT molecular complexity index is 351. The van der Waals surface area contributed by atoms with Gasteiger partial charge in [0.1, 0.15) is 5.78 Å². The molecule has 0 N–H and O–H groups in total. The van der Waals surface area contributed by atoms with Gasteiger partial charge >= 0.3 is 0 Å². The number of likely N-dealkylation sites (N-methyl/N-ethyl adjacent to an activating group) is 1. The molecular weight excluding hydrogens is 242 g/mol. The van der Waals surface area contributed by atoms with Crippen LogP contribution in [0.2, 0.25) is 4.34 Å². The summed E-state index contributed by atoms with van der Waals surface area (Å²) in [6.07, 6.45) is 0.914. The van der Waals surface area contributed by atoms with Crippen LogP contribution in [0.4, 0.5) is 0 Å². The molecule has 0 amide bonds. The Morgan fingerprint density at radius 1 is 1.56 bits per heavy atom. The molecule has 0 saturated heterocycles. The van der Waals surface area contributed by atoms with Crippen molar-refractivity contribution in [2.24, 2.45) is 5.92 Å². The van der Waals surface area contributed by atoms with Crippen LogP contribution in [0.1, 0.15) is 25.1 Å². The van der Waals surface area contributed by atoms with Crippen LogP contribution in [0.5, 0.6) is 0 Å². The molecule has 0 radical (unpaired) electrons. The number of halogens is 1. The van der Waals surface area contributed by atoms with Crippen molar-refractivity contribution < 1.29 is 4.79 Å². The average Bonchev–Trinajstić information content (AvgIpc) is 2.62. The van der Waals surface area contributed by atoms with Gasteiger partial charge in [0.05, 0.1) is 10.9 Å². The van der Waals surface area contributed by atoms with Crippen LogP contribution >= 0.6 is 22.9 Å². The quantitative estimate of drug-likeness (QED) is 0.780. The van der Waals surface area contributed by atoms with Crippen LogP contribution in [0.3, 0.4) is 0 Å². The molecule has 1 aromatic rings. The Balaban J connectivity index is 2.41. The van der Waals surface area contributed by atoms with Crippen LogP contribution in [0.25, 0.3) is 0 Å². The van der Waals surface area contributed by atoms with Gasteiger partial charge in [0, 0.05) is 17.3 Å². The van der Waals surface area contributed by atoms with Gasteiger partial charge in [-0.3, -0.25) is 9.69 Å². The Kier molecular flexibility index (Phi) is 5.46. The van der Waals surface area contributed by atoms with E-state index in [9.17, 15) is 4.79 Å². The zero-order chi connectivity index (χ0) is 12.1. The predicted molar refractivity (Wildman–Crippen MR) is 70.1 cm³/mol. The Morgan fingerprint density at radius 2 is 2.25 bits per heavy atom. The zero-order valence-electron chi connectivity index (χ0n) is 10.00. The Labute approximate surface area is 106 Å². The van der Waals surface area contributed by atoms with Gasteiger partial charge in [-0.25, -0.2) is 0 Å². The minimum atomic E-state index is 0.161. The molecule has 90 valence electrons. The SMILES string of the molecule is CCC(C)C(=O)CN(C)Cc1ccc(Cl)s1. The van der Waals surface area contributed by atoms with Gasteiger partial charge in [0.2, 0.25) is 0 Å². The van der Waals surface area contributed by atoms with Gasteiger partial charge in [-0.05, 0) is 25.6 Å². The molecule has 0 fully saturated rings. The molecule has 1 atom stereocenters. The van der Waals surface area contributed by atoms with Gasteiger partial charge in [0.25, 0.3) is 0 Å². The normalized spacial score (nSPS) is 13.1. The molecule has 0 aliphatic rings. The smallest absolute Gasteiger partial charge is 0.149 e. The van der Waals surface area contributed by atoms with Crippen molar-refractivity contribution in [2.45, 2.75) is 26.8 Å². The topological polar surface area (TPSA) is 20.3 Å². The Morgan fingerprint density at radius 3 is 2.75 bits per heavy atom. The fourth-order valence-electron chi connectivity index (χ4n) is 1.41. The van der Waals surface area contributed by atoms with Gasteiger partial charge in [-0.1, -0.05) is 25.4 Å². The van der Waals surface area contributed by atoms with Crippen LogP contribution in [-0.2, 0) is 11.3 Å². The van der Waals surface area contributed by atoms with Crippen molar-refractivity contribution in [3.05, 3.63) is 21.3 Å². The highest BCUT2D eigenvalue weighted by Crippen LogP contribution is 2.22. The summed E-state index contributed by atoms with van der Waals surface area (Å²) in [5, 5.41) is 0. The first-order chi connectivity index (χ1) is 7.52. The summed E-state index contributed by atoms with van der Waals surface area (Å²) >= 11 is 7.43. The van der Waals surface area contributed by atoms with Crippen molar-refractivity contribution in [1.29, 1.82) is 0 Å². The summed E-state index contributed by atoms with van der Waals surface area (Å²) in [7, 11) is 1.97. The minimum Gasteiger partial charge on any atom is -0.298 e. The number of Topliss-reactive ketones (excluding diaryl/α,β-unsaturated/α-hetero) is 1. The highest BCUT2D eigenvalue weighted by molar-refractivity contribution is 7.16. The number of thiophene rings is 1. The second-order valence-electron chi connectivity index (χ2n) is 4.15. The van der Waals surface area contributed by atoms with E-state index in [0.29, 0.717) is 12.3 Å². The van der Waals surface area contributed by atoms with E-state index in [-0.39, 0.29) is 5.92 Å². The molecule has 1 aromatic heterocycles. The lowest BCUT2D eigenvalue weighted by Crippen LogP contribution is -2.28. The molecule has 2 nitrogen and oxygen atoms in total. The number of hydrogen-bond acceptors (Lipinski definition) is 3. The number of carbonyl (C=O) groups excluding carboxylic acids is 1. The van der Waals surface area contributed by atoms with Crippen molar-refractivity contribution in [1.82, 2.24) is 4.90 Å². The highest BCUT2D eigenvalue weighted by atomic mass is 35.5. The number of carbonyl (C=O) groups is 1. The fourth-order valence-corrected chi connectivity index (χ4v) is 2.58. The standard InChI is InChI=1S/C12H18ClNOS/c1-4-9(2)11(15)8-14(3)7-10-5-6-12(13)16-10/h5-6,9H,4,7-8H2,1-3H3. The van der Waals surface area contributed by atoms with E-state index in [2.05, 4.69) is 0 Å². The molecule has 0 bridgehead atoms. The molecule has 1 rings (SSSR count). The van der Waals surface area contributed by atoms with Crippen LogP contribution in [0.15, 0.2) is 12.1 Å². The summed E-state index contributed by atoms with van der Waals surface area (Å²) in [6, 6.07) is 3.91. The van der Waals surface area contributed by atoms with E-state index < -0.39 is 0 Å². The monoisotopic (exact) mass is 259 g/mol. The maximum Gasteiger partial charge on any atom is 0.149 e. The number of nitrogens with zero attached hydrogens (tertiary/aromatic N) is 1. The predicted octanol–water partition coefficient (Wildman–Crippen LogP) is 3.45. The van der Waals surface area contributed by atoms with Crippen molar-refractivity contribution >= 4 is 28.7 Å². The molecule has 0 aliphatic heterocycles. The molecule has 1 heterocycles. The van der Waals surface area contributed by atoms with Crippen molar-refractivity contribution in [2.75, 3.05) is 13.6 Å². The summed E-state index contributed by atoms with van der Waals surface area (Å²) < 4.78 is 0.802. The maximum atomic E-state index is 11.7. The summed E-state index contributed by atoms with van der Waals surface area (Å²) in [6.45, 7) is 5.34. The van der Waals surface area contributed by atoms with E-state index in [4.69, 9.17) is 11.6 Å². The lowest BCUT2D eigenvalue weighted by Gasteiger charge is -2.16. The van der Waals surface area contributed by atoms with Crippen LogP contribution < -0.4 is 0 Å². The second-order valence-corrected chi connectivity index (χ2v) is 5.95. The first-order valence-corrected chi connectivity index (χ1v) is 6.67. The van der Waals surface area contributed by atoms with E-state index in [1.807, 2.05) is 37.9 Å².